The van der Waals surface area contributed by atoms with Crippen molar-refractivity contribution in [2.24, 2.45) is 0 Å². The van der Waals surface area contributed by atoms with Gasteiger partial charge < -0.3 is 15.1 Å². The van der Waals surface area contributed by atoms with Crippen LogP contribution in [0.2, 0.25) is 5.02 Å². The Hall–Kier alpha value is -3.16. The summed E-state index contributed by atoms with van der Waals surface area (Å²) >= 11 is 5.89. The number of hydrogen-bond acceptors (Lipinski definition) is 4. The molecule has 0 aliphatic heterocycles. The number of hydrogen-bond donors (Lipinski definition) is 2. The zero-order valence-electron chi connectivity index (χ0n) is 14.2. The lowest BCUT2D eigenvalue weighted by atomic mass is 10.0. The highest BCUT2D eigenvalue weighted by Gasteiger charge is 2.22. The molecular formula is C19H17ClN3O4+. The molecule has 0 unspecified atom stereocenters. The van der Waals surface area contributed by atoms with E-state index in [0.29, 0.717) is 10.8 Å². The fourth-order valence-corrected chi connectivity index (χ4v) is 2.91. The second-order valence-electron chi connectivity index (χ2n) is 5.81. The third kappa shape index (κ3) is 4.72. The Bertz CT molecular complexity index is 929. The molecule has 0 radical (unpaired) electrons. The number of carbonyl (C=O) groups excluding carboxylic acids is 1. The molecule has 2 aromatic carbocycles. The van der Waals surface area contributed by atoms with E-state index in [0.717, 1.165) is 5.56 Å². The van der Waals surface area contributed by atoms with Crippen molar-refractivity contribution in [1.29, 1.82) is 0 Å². The van der Waals surface area contributed by atoms with E-state index in [1.165, 1.54) is 18.2 Å². The molecule has 27 heavy (non-hydrogen) atoms. The molecule has 3 rings (SSSR count). The maximum Gasteiger partial charge on any atom is 0.292 e. The van der Waals surface area contributed by atoms with Crippen LogP contribution in [0.1, 0.15) is 17.4 Å². The Morgan fingerprint density at radius 3 is 2.63 bits per heavy atom. The van der Waals surface area contributed by atoms with Crippen molar-refractivity contribution in [2.75, 3.05) is 11.9 Å². The summed E-state index contributed by atoms with van der Waals surface area (Å²) in [6.07, 6.45) is 1.58. The van der Waals surface area contributed by atoms with Gasteiger partial charge in [-0.05, 0) is 24.3 Å². The highest BCUT2D eigenvalue weighted by atomic mass is 35.5. The number of nitrogens with zero attached hydrogens (tertiary/aromatic N) is 1. The van der Waals surface area contributed by atoms with Crippen LogP contribution in [0, 0.1) is 10.1 Å². The third-order valence-electron chi connectivity index (χ3n) is 3.98. The van der Waals surface area contributed by atoms with E-state index in [1.807, 2.05) is 36.4 Å². The number of rotatable bonds is 7. The van der Waals surface area contributed by atoms with Gasteiger partial charge in [0.15, 0.2) is 18.3 Å². The summed E-state index contributed by atoms with van der Waals surface area (Å²) in [7, 11) is 0. The maximum atomic E-state index is 12.4. The van der Waals surface area contributed by atoms with Crippen molar-refractivity contribution >= 4 is 28.9 Å². The van der Waals surface area contributed by atoms with Gasteiger partial charge in [0.1, 0.15) is 5.69 Å². The second-order valence-corrected chi connectivity index (χ2v) is 6.25. The number of halogens is 1. The van der Waals surface area contributed by atoms with Crippen LogP contribution in [0.3, 0.4) is 0 Å². The van der Waals surface area contributed by atoms with E-state index >= 15 is 0 Å². The Kier molecular flexibility index (Phi) is 5.85. The normalized spacial score (nSPS) is 11.7. The van der Waals surface area contributed by atoms with Crippen LogP contribution in [-0.4, -0.2) is 17.4 Å². The summed E-state index contributed by atoms with van der Waals surface area (Å²) in [6.45, 7) is 0.0456. The van der Waals surface area contributed by atoms with Gasteiger partial charge in [-0.2, -0.15) is 0 Å². The molecule has 1 aromatic heterocycles. The molecule has 0 saturated carbocycles. The van der Waals surface area contributed by atoms with Gasteiger partial charge in [-0.25, -0.2) is 0 Å². The minimum atomic E-state index is -0.564. The molecule has 7 nitrogen and oxygen atoms in total. The van der Waals surface area contributed by atoms with Gasteiger partial charge in [-0.15, -0.1) is 0 Å². The predicted octanol–water partition coefficient (Wildman–Crippen LogP) is 3.13. The van der Waals surface area contributed by atoms with Crippen LogP contribution >= 0.6 is 11.6 Å². The minimum Gasteiger partial charge on any atom is -0.463 e. The topological polar surface area (TPSA) is 102 Å². The average Bonchev–Trinajstić information content (AvgIpc) is 3.17. The van der Waals surface area contributed by atoms with E-state index in [-0.39, 0.29) is 29.9 Å². The summed E-state index contributed by atoms with van der Waals surface area (Å²) in [5.74, 6) is 0.329. The number of benzene rings is 2. The zero-order valence-corrected chi connectivity index (χ0v) is 14.9. The molecule has 138 valence electrons. The van der Waals surface area contributed by atoms with Gasteiger partial charge in [0.2, 0.25) is 0 Å². The lowest BCUT2D eigenvalue weighted by Crippen LogP contribution is -2.87. The van der Waals surface area contributed by atoms with Crippen molar-refractivity contribution in [3.8, 4) is 0 Å². The molecule has 0 bridgehead atoms. The molecule has 3 aromatic rings. The summed E-state index contributed by atoms with van der Waals surface area (Å²) in [6, 6.07) is 17.1. The quantitative estimate of drug-likeness (QED) is 0.481. The second kappa shape index (κ2) is 8.48. The molecule has 0 spiro atoms. The average molecular weight is 387 g/mol. The summed E-state index contributed by atoms with van der Waals surface area (Å²) in [5.41, 5.74) is 0.840. The number of anilines is 1. The molecule has 0 saturated heterocycles. The fourth-order valence-electron chi connectivity index (χ4n) is 2.74. The Morgan fingerprint density at radius 1 is 1.19 bits per heavy atom. The minimum absolute atomic E-state index is 0.0456. The summed E-state index contributed by atoms with van der Waals surface area (Å²) < 4.78 is 5.50. The first-order valence-electron chi connectivity index (χ1n) is 8.20. The third-order valence-corrected chi connectivity index (χ3v) is 4.21. The first-order valence-corrected chi connectivity index (χ1v) is 8.58. The van der Waals surface area contributed by atoms with Gasteiger partial charge in [0.05, 0.1) is 11.2 Å². The first kappa shape index (κ1) is 18.6. The number of nitrogens with two attached hydrogens (primary N) is 1. The number of nitrogens with one attached hydrogen (secondary N) is 1. The van der Waals surface area contributed by atoms with Gasteiger partial charge in [0, 0.05) is 16.7 Å². The summed E-state index contributed by atoms with van der Waals surface area (Å²) in [5, 5.41) is 15.8. The van der Waals surface area contributed by atoms with Crippen LogP contribution in [-0.2, 0) is 4.79 Å². The number of nitro benzene ring substituents is 1. The van der Waals surface area contributed by atoms with E-state index in [4.69, 9.17) is 16.0 Å². The van der Waals surface area contributed by atoms with Crippen LogP contribution in [0.15, 0.2) is 71.3 Å². The van der Waals surface area contributed by atoms with E-state index in [2.05, 4.69) is 5.32 Å². The molecular weight excluding hydrogens is 370 g/mol. The van der Waals surface area contributed by atoms with Gasteiger partial charge in [-0.3, -0.25) is 14.9 Å². The van der Waals surface area contributed by atoms with Crippen LogP contribution in [0.5, 0.6) is 0 Å². The SMILES string of the molecule is O=C(C[NH2+][C@H](c1ccccc1)c1ccco1)Nc1cc(Cl)ccc1[N+](=O)[O-]. The number of carbonyl (C=O) groups is 1. The molecule has 1 heterocycles. The van der Waals surface area contributed by atoms with Crippen molar-refractivity contribution in [3.63, 3.8) is 0 Å². The van der Waals surface area contributed by atoms with Crippen molar-refractivity contribution in [1.82, 2.24) is 0 Å². The smallest absolute Gasteiger partial charge is 0.292 e. The van der Waals surface area contributed by atoms with Crippen LogP contribution in [0.25, 0.3) is 0 Å². The maximum absolute atomic E-state index is 12.4. The molecule has 0 aliphatic rings. The van der Waals surface area contributed by atoms with Gasteiger partial charge in [-0.1, -0.05) is 41.9 Å². The molecule has 8 heteroatoms. The lowest BCUT2D eigenvalue weighted by molar-refractivity contribution is -0.678. The molecule has 0 aliphatic carbocycles. The zero-order chi connectivity index (χ0) is 19.2. The highest BCUT2D eigenvalue weighted by molar-refractivity contribution is 6.31. The van der Waals surface area contributed by atoms with Gasteiger partial charge in [0.25, 0.3) is 11.6 Å². The van der Waals surface area contributed by atoms with Crippen LogP contribution in [0.4, 0.5) is 11.4 Å². The van der Waals surface area contributed by atoms with E-state index < -0.39 is 4.92 Å². The Balaban J connectivity index is 1.72. The Labute approximate surface area is 160 Å². The number of nitro groups is 1. The number of amides is 1. The van der Waals surface area contributed by atoms with Crippen molar-refractivity contribution in [3.05, 3.63) is 93.4 Å². The largest absolute Gasteiger partial charge is 0.463 e. The monoisotopic (exact) mass is 386 g/mol. The Morgan fingerprint density at radius 2 is 1.96 bits per heavy atom. The van der Waals surface area contributed by atoms with E-state index in [1.54, 1.807) is 17.6 Å². The molecule has 3 N–H and O–H groups in total. The molecule has 1 atom stereocenters. The lowest BCUT2D eigenvalue weighted by Gasteiger charge is -2.14. The highest BCUT2D eigenvalue weighted by Crippen LogP contribution is 2.27. The fraction of sp³-hybridized carbons (Fsp3) is 0.105. The van der Waals surface area contributed by atoms with E-state index in [9.17, 15) is 14.9 Å². The number of furan rings is 1. The summed E-state index contributed by atoms with van der Waals surface area (Å²) in [4.78, 5) is 22.9. The molecule has 1 amide bonds. The first-order chi connectivity index (χ1) is 13.0. The standard InChI is InChI=1S/C19H16ClN3O4/c20-14-8-9-16(23(25)26)15(11-14)22-18(24)12-21-19(17-7-4-10-27-17)13-5-2-1-3-6-13/h1-11,19,21H,12H2,(H,22,24)/p+1/t19-/m1/s1. The van der Waals surface area contributed by atoms with Crippen molar-refractivity contribution in [2.45, 2.75) is 6.04 Å². The molecule has 0 fully saturated rings. The van der Waals surface area contributed by atoms with Gasteiger partial charge >= 0.3 is 0 Å². The number of quaternary nitrogens is 1. The predicted molar refractivity (Wildman–Crippen MR) is 101 cm³/mol. The van der Waals surface area contributed by atoms with Crippen LogP contribution < -0.4 is 10.6 Å². The van der Waals surface area contributed by atoms with Crippen molar-refractivity contribution < 1.29 is 19.5 Å².